The van der Waals surface area contributed by atoms with Crippen LogP contribution in [0.3, 0.4) is 0 Å². The summed E-state index contributed by atoms with van der Waals surface area (Å²) in [6, 6.07) is 13.9. The molecule has 4 heteroatoms. The molecule has 0 spiro atoms. The molecule has 2 aromatic carbocycles. The maximum absolute atomic E-state index is 6.02. The quantitative estimate of drug-likeness (QED) is 0.650. The predicted molar refractivity (Wildman–Crippen MR) is 87.6 cm³/mol. The van der Waals surface area contributed by atoms with Gasteiger partial charge in [0.1, 0.15) is 0 Å². The predicted octanol–water partition coefficient (Wildman–Crippen LogP) is 5.52. The number of alkyl halides is 1. The molecule has 0 atom stereocenters. The van der Waals surface area contributed by atoms with Gasteiger partial charge in [0.2, 0.25) is 0 Å². The lowest BCUT2D eigenvalue weighted by Gasteiger charge is -2.22. The average Bonchev–Trinajstić information content (AvgIpc) is 2.38. The van der Waals surface area contributed by atoms with Crippen molar-refractivity contribution in [3.8, 4) is 0 Å². The molecule has 0 fully saturated rings. The molecule has 100 valence electrons. The van der Waals surface area contributed by atoms with Crippen molar-refractivity contribution >= 4 is 44.8 Å². The monoisotopic (exact) mass is 357 g/mol. The molecule has 0 heterocycles. The van der Waals surface area contributed by atoms with Crippen LogP contribution in [0.4, 0.5) is 5.69 Å². The van der Waals surface area contributed by atoms with Gasteiger partial charge >= 0.3 is 0 Å². The van der Waals surface area contributed by atoms with E-state index in [1.807, 2.05) is 36.4 Å². The highest BCUT2D eigenvalue weighted by Crippen LogP contribution is 2.27. The maximum Gasteiger partial charge on any atom is 0.0426 e. The van der Waals surface area contributed by atoms with Crippen molar-refractivity contribution in [3.05, 3.63) is 63.6 Å². The summed E-state index contributed by atoms with van der Waals surface area (Å²) in [5.74, 6) is 0. The molecule has 2 rings (SSSR count). The zero-order valence-electron chi connectivity index (χ0n) is 10.5. The fourth-order valence-corrected chi connectivity index (χ4v) is 2.88. The van der Waals surface area contributed by atoms with E-state index < -0.39 is 0 Å². The van der Waals surface area contributed by atoms with Gasteiger partial charge in [0.05, 0.1) is 0 Å². The summed E-state index contributed by atoms with van der Waals surface area (Å²) in [5, 5.41) is 2.31. The van der Waals surface area contributed by atoms with E-state index in [4.69, 9.17) is 23.2 Å². The third-order valence-electron chi connectivity index (χ3n) is 2.91. The summed E-state index contributed by atoms with van der Waals surface area (Å²) in [5.41, 5.74) is 3.53. The van der Waals surface area contributed by atoms with Gasteiger partial charge in [-0.25, -0.2) is 0 Å². The maximum atomic E-state index is 6.02. The van der Waals surface area contributed by atoms with Gasteiger partial charge in [-0.05, 0) is 41.5 Å². The van der Waals surface area contributed by atoms with Crippen LogP contribution in [-0.2, 0) is 11.9 Å². The summed E-state index contributed by atoms with van der Waals surface area (Å²) < 4.78 is 0. The Morgan fingerprint density at radius 2 is 1.79 bits per heavy atom. The van der Waals surface area contributed by atoms with Crippen molar-refractivity contribution in [3.63, 3.8) is 0 Å². The number of nitrogens with zero attached hydrogens (tertiary/aromatic N) is 1. The number of hydrogen-bond donors (Lipinski definition) is 0. The largest absolute Gasteiger partial charge is 0.370 e. The Kier molecular flexibility index (Phi) is 5.14. The Morgan fingerprint density at radius 3 is 2.47 bits per heavy atom. The highest BCUT2D eigenvalue weighted by atomic mass is 79.9. The van der Waals surface area contributed by atoms with Crippen molar-refractivity contribution in [1.29, 1.82) is 0 Å². The first-order chi connectivity index (χ1) is 9.10. The minimum absolute atomic E-state index is 0.759. The van der Waals surface area contributed by atoms with E-state index in [0.29, 0.717) is 0 Å². The van der Waals surface area contributed by atoms with Gasteiger partial charge in [-0.1, -0.05) is 51.3 Å². The lowest BCUT2D eigenvalue weighted by atomic mass is 10.1. The lowest BCUT2D eigenvalue weighted by molar-refractivity contribution is 0.917. The number of halogens is 3. The van der Waals surface area contributed by atoms with Crippen molar-refractivity contribution in [1.82, 2.24) is 0 Å². The number of hydrogen-bond acceptors (Lipinski definition) is 1. The fourth-order valence-electron chi connectivity index (χ4n) is 2.03. The Balaban J connectivity index is 2.22. The Morgan fingerprint density at radius 1 is 1.05 bits per heavy atom. The van der Waals surface area contributed by atoms with Gasteiger partial charge in [0.15, 0.2) is 0 Å². The highest BCUT2D eigenvalue weighted by Gasteiger charge is 2.08. The molecule has 0 aliphatic heterocycles. The van der Waals surface area contributed by atoms with Crippen LogP contribution < -0.4 is 4.90 Å². The zero-order valence-corrected chi connectivity index (χ0v) is 13.6. The third kappa shape index (κ3) is 3.88. The van der Waals surface area contributed by atoms with E-state index in [1.165, 1.54) is 16.8 Å². The Bertz CT molecular complexity index is 572. The molecule has 0 aliphatic carbocycles. The van der Waals surface area contributed by atoms with Crippen molar-refractivity contribution in [2.45, 2.75) is 11.9 Å². The minimum Gasteiger partial charge on any atom is -0.370 e. The molecule has 0 saturated carbocycles. The van der Waals surface area contributed by atoms with Gasteiger partial charge in [0.25, 0.3) is 0 Å². The summed E-state index contributed by atoms with van der Waals surface area (Å²) in [7, 11) is 2.07. The SMILES string of the molecule is CN(Cc1cccc(Cl)c1)c1ccc(Cl)cc1CBr. The van der Waals surface area contributed by atoms with Gasteiger partial charge in [0, 0.05) is 34.7 Å². The molecular weight excluding hydrogens is 345 g/mol. The lowest BCUT2D eigenvalue weighted by Crippen LogP contribution is -2.17. The fraction of sp³-hybridized carbons (Fsp3) is 0.200. The molecule has 0 unspecified atom stereocenters. The van der Waals surface area contributed by atoms with Gasteiger partial charge in [-0.2, -0.15) is 0 Å². The average molecular weight is 359 g/mol. The van der Waals surface area contributed by atoms with E-state index in [2.05, 4.69) is 33.9 Å². The molecule has 19 heavy (non-hydrogen) atoms. The van der Waals surface area contributed by atoms with Crippen LogP contribution in [0.15, 0.2) is 42.5 Å². The molecule has 0 N–H and O–H groups in total. The second kappa shape index (κ2) is 6.65. The van der Waals surface area contributed by atoms with Crippen LogP contribution >= 0.6 is 39.1 Å². The van der Waals surface area contributed by atoms with E-state index in [0.717, 1.165) is 21.9 Å². The summed E-state index contributed by atoms with van der Waals surface area (Å²) in [6.07, 6.45) is 0. The van der Waals surface area contributed by atoms with Gasteiger partial charge < -0.3 is 4.90 Å². The summed E-state index contributed by atoms with van der Waals surface area (Å²) in [4.78, 5) is 2.19. The molecular formula is C15H14BrCl2N. The van der Waals surface area contributed by atoms with Crippen molar-refractivity contribution in [2.24, 2.45) is 0 Å². The second-order valence-corrected chi connectivity index (χ2v) is 5.83. The van der Waals surface area contributed by atoms with Crippen LogP contribution in [0.1, 0.15) is 11.1 Å². The molecule has 0 aliphatic rings. The highest BCUT2D eigenvalue weighted by molar-refractivity contribution is 9.08. The third-order valence-corrected chi connectivity index (χ3v) is 3.98. The number of benzene rings is 2. The van der Waals surface area contributed by atoms with Crippen LogP contribution in [0.2, 0.25) is 10.0 Å². The molecule has 0 amide bonds. The minimum atomic E-state index is 0.759. The molecule has 1 nitrogen and oxygen atoms in total. The molecule has 2 aromatic rings. The van der Waals surface area contributed by atoms with Gasteiger partial charge in [-0.15, -0.1) is 0 Å². The van der Waals surface area contributed by atoms with Crippen molar-refractivity contribution in [2.75, 3.05) is 11.9 Å². The zero-order chi connectivity index (χ0) is 13.8. The van der Waals surface area contributed by atoms with Crippen molar-refractivity contribution < 1.29 is 0 Å². The van der Waals surface area contributed by atoms with E-state index in [1.54, 1.807) is 0 Å². The van der Waals surface area contributed by atoms with Crippen LogP contribution in [0.25, 0.3) is 0 Å². The Labute approximate surface area is 132 Å². The first kappa shape index (κ1) is 14.7. The topological polar surface area (TPSA) is 3.24 Å². The van der Waals surface area contributed by atoms with Crippen LogP contribution in [0, 0.1) is 0 Å². The first-order valence-corrected chi connectivity index (χ1v) is 7.78. The smallest absolute Gasteiger partial charge is 0.0426 e. The number of rotatable bonds is 4. The van der Waals surface area contributed by atoms with Crippen LogP contribution in [-0.4, -0.2) is 7.05 Å². The van der Waals surface area contributed by atoms with Crippen LogP contribution in [0.5, 0.6) is 0 Å². The molecule has 0 aromatic heterocycles. The summed E-state index contributed by atoms with van der Waals surface area (Å²) in [6.45, 7) is 0.808. The molecule has 0 radical (unpaired) electrons. The molecule has 0 saturated heterocycles. The van der Waals surface area contributed by atoms with E-state index in [-0.39, 0.29) is 0 Å². The number of anilines is 1. The molecule has 0 bridgehead atoms. The van der Waals surface area contributed by atoms with Gasteiger partial charge in [-0.3, -0.25) is 0 Å². The second-order valence-electron chi connectivity index (χ2n) is 4.39. The van der Waals surface area contributed by atoms with E-state index in [9.17, 15) is 0 Å². The van der Waals surface area contributed by atoms with E-state index >= 15 is 0 Å². The Hall–Kier alpha value is -0.700. The first-order valence-electron chi connectivity index (χ1n) is 5.90. The summed E-state index contributed by atoms with van der Waals surface area (Å²) >= 11 is 15.5. The normalized spacial score (nSPS) is 10.5. The standard InChI is InChI=1S/C15H14BrCl2N/c1-19(10-11-3-2-4-13(17)7-11)15-6-5-14(18)8-12(15)9-16/h2-8H,9-10H2,1H3.